The number of aliphatic hydroxyl groups excluding tert-OH is 1. The Morgan fingerprint density at radius 1 is 0.532 bits per heavy atom. The van der Waals surface area contributed by atoms with Gasteiger partial charge in [0.05, 0.1) is 25.4 Å². The second kappa shape index (κ2) is 16.0. The first-order valence-electron chi connectivity index (χ1n) is 14.8. The molecule has 256 valence electrons. The Bertz CT molecular complexity index is 1500. The van der Waals surface area contributed by atoms with Crippen LogP contribution in [0.25, 0.3) is 0 Å². The highest BCUT2D eigenvalue weighted by atomic mass is 16.6. The van der Waals surface area contributed by atoms with Gasteiger partial charge in [0.2, 0.25) is 0 Å². The van der Waals surface area contributed by atoms with E-state index in [0.29, 0.717) is 0 Å². The molecule has 0 aromatic heterocycles. The molecule has 5 atom stereocenters. The van der Waals surface area contributed by atoms with E-state index < -0.39 is 97.7 Å². The first-order valence-corrected chi connectivity index (χ1v) is 14.8. The topological polar surface area (TPSA) is 233 Å². The summed E-state index contributed by atoms with van der Waals surface area (Å²) in [5, 5.41) is 51.1. The number of cyclic esters (lactones) is 5. The smallest absolute Gasteiger partial charge is 0.342 e. The van der Waals surface area contributed by atoms with E-state index in [1.54, 1.807) is 0 Å². The molecule has 3 rings (SSSR count). The van der Waals surface area contributed by atoms with Crippen LogP contribution in [0, 0.1) is 0 Å². The van der Waals surface area contributed by atoms with Crippen molar-refractivity contribution in [3.63, 3.8) is 0 Å². The molecule has 1 aliphatic heterocycles. The first-order chi connectivity index (χ1) is 22.0. The summed E-state index contributed by atoms with van der Waals surface area (Å²) in [5.74, 6) is -6.67. The van der Waals surface area contributed by atoms with Gasteiger partial charge < -0.3 is 49.2 Å². The maximum atomic E-state index is 13.1. The maximum absolute atomic E-state index is 13.1. The van der Waals surface area contributed by atoms with E-state index in [1.807, 2.05) is 0 Å². The Hall–Kier alpha value is -5.05. The van der Waals surface area contributed by atoms with Crippen molar-refractivity contribution in [1.29, 1.82) is 0 Å². The molecule has 0 spiro atoms. The second-order valence-electron chi connectivity index (χ2n) is 11.4. The summed E-state index contributed by atoms with van der Waals surface area (Å²) in [6.45, 7) is 5.15. The lowest BCUT2D eigenvalue weighted by Crippen LogP contribution is -2.27. The van der Waals surface area contributed by atoms with Crippen molar-refractivity contribution in [3.05, 3.63) is 46.5 Å². The van der Waals surface area contributed by atoms with Crippen molar-refractivity contribution in [2.45, 2.75) is 90.3 Å². The van der Waals surface area contributed by atoms with Crippen LogP contribution in [0.1, 0.15) is 78.8 Å². The third kappa shape index (κ3) is 10.8. The van der Waals surface area contributed by atoms with E-state index in [4.69, 9.17) is 23.7 Å². The molecule has 5 N–H and O–H groups in total. The van der Waals surface area contributed by atoms with Gasteiger partial charge in [-0.2, -0.15) is 0 Å². The summed E-state index contributed by atoms with van der Waals surface area (Å²) in [6, 6.07) is 4.17. The van der Waals surface area contributed by atoms with Crippen molar-refractivity contribution >= 4 is 29.8 Å². The number of aliphatic hydroxyl groups is 1. The Morgan fingerprint density at radius 3 is 1.36 bits per heavy atom. The van der Waals surface area contributed by atoms with Crippen LogP contribution in [0.4, 0.5) is 0 Å². The molecule has 0 fully saturated rings. The fourth-order valence-corrected chi connectivity index (χ4v) is 4.91. The number of ether oxygens (including phenoxy) is 5. The van der Waals surface area contributed by atoms with Gasteiger partial charge in [-0.05, 0) is 51.0 Å². The van der Waals surface area contributed by atoms with E-state index in [9.17, 15) is 49.5 Å². The predicted molar refractivity (Wildman–Crippen MR) is 159 cm³/mol. The summed E-state index contributed by atoms with van der Waals surface area (Å²) in [7, 11) is 0. The number of hydrogen-bond acceptors (Lipinski definition) is 15. The Morgan fingerprint density at radius 2 is 0.915 bits per heavy atom. The zero-order valence-electron chi connectivity index (χ0n) is 26.3. The van der Waals surface area contributed by atoms with Crippen LogP contribution >= 0.6 is 0 Å². The van der Waals surface area contributed by atoms with Gasteiger partial charge in [-0.25, -0.2) is 9.59 Å². The van der Waals surface area contributed by atoms with Crippen LogP contribution in [0.3, 0.4) is 0 Å². The van der Waals surface area contributed by atoms with Crippen LogP contribution < -0.4 is 0 Å². The van der Waals surface area contributed by atoms with Crippen LogP contribution in [0.2, 0.25) is 0 Å². The average Bonchev–Trinajstić information content (AvgIpc) is 2.89. The lowest BCUT2D eigenvalue weighted by Gasteiger charge is -2.20. The molecule has 15 heteroatoms. The number of rotatable bonds is 0. The number of benzene rings is 2. The molecule has 1 heterocycles. The monoisotopic (exact) mass is 662 g/mol. The highest BCUT2D eigenvalue weighted by molar-refractivity contribution is 5.95. The van der Waals surface area contributed by atoms with Gasteiger partial charge in [0.1, 0.15) is 65.1 Å². The third-order valence-corrected chi connectivity index (χ3v) is 6.82. The van der Waals surface area contributed by atoms with Gasteiger partial charge >= 0.3 is 29.8 Å². The van der Waals surface area contributed by atoms with Gasteiger partial charge in [0, 0.05) is 25.0 Å². The van der Waals surface area contributed by atoms with Crippen LogP contribution in [0.5, 0.6) is 23.0 Å². The lowest BCUT2D eigenvalue weighted by molar-refractivity contribution is -0.156. The van der Waals surface area contributed by atoms with Gasteiger partial charge in [0.15, 0.2) is 0 Å². The molecular formula is C32H38O15. The minimum absolute atomic E-state index is 0.0622. The van der Waals surface area contributed by atoms with E-state index in [-0.39, 0.29) is 46.6 Å². The summed E-state index contributed by atoms with van der Waals surface area (Å²) in [4.78, 5) is 63.5. The fourth-order valence-electron chi connectivity index (χ4n) is 4.91. The number of phenolic OH excluding ortho intramolecular Hbond substituents is 4. The van der Waals surface area contributed by atoms with Crippen LogP contribution in [-0.4, -0.2) is 92.5 Å². The largest absolute Gasteiger partial charge is 0.508 e. The molecule has 2 aromatic rings. The molecule has 0 saturated heterocycles. The Balaban J connectivity index is 1.88. The minimum Gasteiger partial charge on any atom is -0.508 e. The van der Waals surface area contributed by atoms with Crippen molar-refractivity contribution in [2.75, 3.05) is 6.61 Å². The van der Waals surface area contributed by atoms with Crippen LogP contribution in [-0.2, 0) is 50.9 Å². The SMILES string of the molecule is CC1Cc2cc(O)cc(O)c2C(=O)OC(C)CC(=O)OCC(O)CC(=O)OC(C)Cc2cc(O)cc(O)c2C(=O)OC(C)CC(=O)O1. The number of esters is 5. The number of aromatic hydroxyl groups is 4. The van der Waals surface area contributed by atoms with Crippen molar-refractivity contribution in [1.82, 2.24) is 0 Å². The number of carbonyl (C=O) groups excluding carboxylic acids is 5. The molecule has 0 saturated carbocycles. The predicted octanol–water partition coefficient (Wildman–Crippen LogP) is 2.34. The average molecular weight is 663 g/mol. The highest BCUT2D eigenvalue weighted by Crippen LogP contribution is 2.31. The molecule has 5 unspecified atom stereocenters. The molecule has 47 heavy (non-hydrogen) atoms. The zero-order valence-corrected chi connectivity index (χ0v) is 26.3. The standard InChI is InChI=1S/C32H38O15/c1-15-5-19-9-21(33)11-24(36)29(19)31(41)46-17(3)7-26(38)43-14-23(35)13-28(40)45-16(2)6-20-10-22(34)12-25(37)30(20)32(42)47-18(4)8-27(39)44-15/h9-12,15-18,23,33-37H,5-8,13-14H2,1-4H3. The molecule has 1 aliphatic rings. The molecule has 0 aliphatic carbocycles. The second-order valence-corrected chi connectivity index (χ2v) is 11.4. The summed E-state index contributed by atoms with van der Waals surface area (Å²) < 4.78 is 26.3. The fraction of sp³-hybridized carbons (Fsp3) is 0.469. The molecule has 0 radical (unpaired) electrons. The molecule has 0 amide bonds. The van der Waals surface area contributed by atoms with Crippen molar-refractivity contribution in [2.24, 2.45) is 0 Å². The molecule has 15 nitrogen and oxygen atoms in total. The van der Waals surface area contributed by atoms with E-state index in [2.05, 4.69) is 0 Å². The van der Waals surface area contributed by atoms with E-state index in [0.717, 1.165) is 12.1 Å². The number of fused-ring (bicyclic) bond motifs is 2. The normalized spacial score (nSPS) is 24.5. The quantitative estimate of drug-likeness (QED) is 0.201. The summed E-state index contributed by atoms with van der Waals surface area (Å²) in [6.07, 6.45) is -7.17. The van der Waals surface area contributed by atoms with Gasteiger partial charge in [-0.15, -0.1) is 0 Å². The first kappa shape index (κ1) is 36.4. The molecule has 0 bridgehead atoms. The van der Waals surface area contributed by atoms with Gasteiger partial charge in [0.25, 0.3) is 0 Å². The van der Waals surface area contributed by atoms with E-state index in [1.165, 1.54) is 39.8 Å². The number of hydrogen-bond donors (Lipinski definition) is 5. The van der Waals surface area contributed by atoms with Crippen molar-refractivity contribution in [3.8, 4) is 23.0 Å². The zero-order chi connectivity index (χ0) is 35.0. The Labute approximate surface area is 269 Å². The van der Waals surface area contributed by atoms with E-state index >= 15 is 0 Å². The van der Waals surface area contributed by atoms with Crippen LogP contribution in [0.15, 0.2) is 24.3 Å². The molecule has 2 aromatic carbocycles. The van der Waals surface area contributed by atoms with Crippen molar-refractivity contribution < 1.29 is 73.2 Å². The number of carbonyl (C=O) groups is 5. The minimum atomic E-state index is -1.45. The van der Waals surface area contributed by atoms with Gasteiger partial charge in [-0.1, -0.05) is 0 Å². The van der Waals surface area contributed by atoms with Gasteiger partial charge in [-0.3, -0.25) is 14.4 Å². The highest BCUT2D eigenvalue weighted by Gasteiger charge is 2.28. The third-order valence-electron chi connectivity index (χ3n) is 6.82. The molecular weight excluding hydrogens is 624 g/mol. The number of phenols is 4. The maximum Gasteiger partial charge on any atom is 0.342 e. The summed E-state index contributed by atoms with van der Waals surface area (Å²) >= 11 is 0. The lowest BCUT2D eigenvalue weighted by atomic mass is 10.00. The Kier molecular flexibility index (Phi) is 12.4. The summed E-state index contributed by atoms with van der Waals surface area (Å²) in [5.41, 5.74) is -0.556.